The number of anilines is 1. The van der Waals surface area contributed by atoms with Gasteiger partial charge in [-0.2, -0.15) is 0 Å². The van der Waals surface area contributed by atoms with Crippen LogP contribution in [-0.4, -0.2) is 43.0 Å². The molecule has 0 spiro atoms. The number of likely N-dealkylation sites (tertiary alicyclic amines) is 1. The van der Waals surface area contributed by atoms with E-state index in [9.17, 15) is 4.79 Å². The van der Waals surface area contributed by atoms with Gasteiger partial charge < -0.3 is 10.6 Å². The molecule has 1 unspecified atom stereocenters. The normalized spacial score (nSPS) is 27.0. The van der Waals surface area contributed by atoms with Crippen molar-refractivity contribution in [2.75, 3.05) is 31.1 Å². The molecule has 3 atom stereocenters. The average molecular weight is 349 g/mol. The van der Waals surface area contributed by atoms with E-state index in [-0.39, 0.29) is 11.9 Å². The number of rotatable bonds is 4. The molecule has 2 aliphatic heterocycles. The van der Waals surface area contributed by atoms with Gasteiger partial charge in [-0.25, -0.2) is 0 Å². The van der Waals surface area contributed by atoms with Gasteiger partial charge in [-0.1, -0.05) is 48.5 Å². The molecular formula is C22H27N3O. The van der Waals surface area contributed by atoms with Gasteiger partial charge in [-0.05, 0) is 43.0 Å². The van der Waals surface area contributed by atoms with Crippen molar-refractivity contribution in [3.8, 4) is 0 Å². The lowest BCUT2D eigenvalue weighted by Crippen LogP contribution is -2.52. The first-order chi connectivity index (χ1) is 12.8. The fourth-order valence-corrected chi connectivity index (χ4v) is 4.54. The third-order valence-corrected chi connectivity index (χ3v) is 5.92. The van der Waals surface area contributed by atoms with Gasteiger partial charge in [-0.3, -0.25) is 9.69 Å². The third-order valence-electron chi connectivity index (χ3n) is 5.92. The minimum Gasteiger partial charge on any atom is -0.330 e. The predicted molar refractivity (Wildman–Crippen MR) is 105 cm³/mol. The summed E-state index contributed by atoms with van der Waals surface area (Å²) in [5.41, 5.74) is 8.44. The zero-order valence-corrected chi connectivity index (χ0v) is 15.1. The fraction of sp³-hybridized carbons (Fsp3) is 0.409. The zero-order chi connectivity index (χ0) is 17.9. The molecule has 2 saturated heterocycles. The molecule has 2 fully saturated rings. The van der Waals surface area contributed by atoms with Crippen LogP contribution >= 0.6 is 0 Å². The Morgan fingerprint density at radius 3 is 2.35 bits per heavy atom. The quantitative estimate of drug-likeness (QED) is 0.923. The second kappa shape index (κ2) is 7.60. The number of nitrogens with zero attached hydrogens (tertiary/aromatic N) is 2. The van der Waals surface area contributed by atoms with Crippen molar-refractivity contribution in [1.82, 2.24) is 4.90 Å². The lowest BCUT2D eigenvalue weighted by atomic mass is 9.89. The summed E-state index contributed by atoms with van der Waals surface area (Å²) in [4.78, 5) is 17.5. The van der Waals surface area contributed by atoms with Crippen LogP contribution in [0.25, 0.3) is 0 Å². The van der Waals surface area contributed by atoms with E-state index in [0.717, 1.165) is 38.2 Å². The molecule has 2 N–H and O–H groups in total. The van der Waals surface area contributed by atoms with Crippen LogP contribution in [0.2, 0.25) is 0 Å². The Bertz CT molecular complexity index is 734. The highest BCUT2D eigenvalue weighted by Gasteiger charge is 2.41. The molecular weight excluding hydrogens is 322 g/mol. The number of para-hydroxylation sites is 1. The Balaban J connectivity index is 1.53. The molecule has 136 valence electrons. The highest BCUT2D eigenvalue weighted by Crippen LogP contribution is 2.35. The number of benzene rings is 2. The van der Waals surface area contributed by atoms with Crippen LogP contribution in [0.1, 0.15) is 24.3 Å². The van der Waals surface area contributed by atoms with Crippen molar-refractivity contribution in [3.63, 3.8) is 0 Å². The van der Waals surface area contributed by atoms with Gasteiger partial charge in [0.05, 0.1) is 6.04 Å². The summed E-state index contributed by atoms with van der Waals surface area (Å²) in [5, 5.41) is 0. The standard InChI is InChI=1S/C22H27N3O/c23-14-18-15-24(16-20(18)17-8-3-1-4-9-17)21-12-7-13-25(22(21)26)19-10-5-2-6-11-19/h1-6,8-11,18,20-21H,7,12-16,23H2/t18-,20+,21?/m1/s1. The number of piperidine rings is 1. The second-order valence-electron chi connectivity index (χ2n) is 7.45. The summed E-state index contributed by atoms with van der Waals surface area (Å²) >= 11 is 0. The van der Waals surface area contributed by atoms with Crippen molar-refractivity contribution in [2.24, 2.45) is 11.7 Å². The smallest absolute Gasteiger partial charge is 0.244 e. The van der Waals surface area contributed by atoms with Gasteiger partial charge in [0.15, 0.2) is 0 Å². The van der Waals surface area contributed by atoms with Gasteiger partial charge in [0.25, 0.3) is 0 Å². The van der Waals surface area contributed by atoms with Crippen LogP contribution in [0.15, 0.2) is 60.7 Å². The summed E-state index contributed by atoms with van der Waals surface area (Å²) in [7, 11) is 0. The lowest BCUT2D eigenvalue weighted by molar-refractivity contribution is -0.125. The molecule has 0 aliphatic carbocycles. The molecule has 2 aromatic rings. The maximum Gasteiger partial charge on any atom is 0.244 e. The Labute approximate surface area is 155 Å². The van der Waals surface area contributed by atoms with Crippen LogP contribution in [0.4, 0.5) is 5.69 Å². The Morgan fingerprint density at radius 2 is 1.65 bits per heavy atom. The van der Waals surface area contributed by atoms with Crippen LogP contribution in [0, 0.1) is 5.92 Å². The Morgan fingerprint density at radius 1 is 0.962 bits per heavy atom. The monoisotopic (exact) mass is 349 g/mol. The van der Waals surface area contributed by atoms with Crippen molar-refractivity contribution >= 4 is 11.6 Å². The first-order valence-corrected chi connectivity index (χ1v) is 9.63. The fourth-order valence-electron chi connectivity index (χ4n) is 4.54. The molecule has 2 aliphatic rings. The second-order valence-corrected chi connectivity index (χ2v) is 7.45. The molecule has 4 rings (SSSR count). The summed E-state index contributed by atoms with van der Waals surface area (Å²) in [6.07, 6.45) is 1.99. The first kappa shape index (κ1) is 17.3. The molecule has 0 aromatic heterocycles. The maximum absolute atomic E-state index is 13.2. The topological polar surface area (TPSA) is 49.6 Å². The lowest BCUT2D eigenvalue weighted by Gasteiger charge is -2.37. The van der Waals surface area contributed by atoms with E-state index in [0.29, 0.717) is 18.4 Å². The molecule has 0 bridgehead atoms. The van der Waals surface area contributed by atoms with E-state index < -0.39 is 0 Å². The van der Waals surface area contributed by atoms with Gasteiger partial charge in [0.2, 0.25) is 5.91 Å². The van der Waals surface area contributed by atoms with E-state index in [1.165, 1.54) is 5.56 Å². The van der Waals surface area contributed by atoms with Crippen LogP contribution < -0.4 is 10.6 Å². The maximum atomic E-state index is 13.2. The van der Waals surface area contributed by atoms with Crippen molar-refractivity contribution < 1.29 is 4.79 Å². The summed E-state index contributed by atoms with van der Waals surface area (Å²) < 4.78 is 0. The third kappa shape index (κ3) is 3.27. The van der Waals surface area contributed by atoms with Crippen LogP contribution in [0.5, 0.6) is 0 Å². The molecule has 26 heavy (non-hydrogen) atoms. The predicted octanol–water partition coefficient (Wildman–Crippen LogP) is 2.86. The van der Waals surface area contributed by atoms with Crippen LogP contribution in [-0.2, 0) is 4.79 Å². The van der Waals surface area contributed by atoms with Gasteiger partial charge >= 0.3 is 0 Å². The number of amides is 1. The average Bonchev–Trinajstić information content (AvgIpc) is 3.14. The minimum atomic E-state index is -0.0216. The van der Waals surface area contributed by atoms with E-state index >= 15 is 0 Å². The number of hydrogen-bond acceptors (Lipinski definition) is 3. The molecule has 1 amide bonds. The molecule has 4 nitrogen and oxygen atoms in total. The van der Waals surface area contributed by atoms with E-state index in [4.69, 9.17) is 5.73 Å². The molecule has 0 radical (unpaired) electrons. The van der Waals surface area contributed by atoms with Gasteiger partial charge in [0, 0.05) is 31.2 Å². The molecule has 2 aromatic carbocycles. The molecule has 2 heterocycles. The van der Waals surface area contributed by atoms with Crippen LogP contribution in [0.3, 0.4) is 0 Å². The Kier molecular flexibility index (Phi) is 5.05. The number of carbonyl (C=O) groups excluding carboxylic acids is 1. The summed E-state index contributed by atoms with van der Waals surface area (Å²) in [6.45, 7) is 3.31. The summed E-state index contributed by atoms with van der Waals surface area (Å²) in [5.74, 6) is 1.07. The molecule has 4 heteroatoms. The number of nitrogens with two attached hydrogens (primary N) is 1. The van der Waals surface area contributed by atoms with E-state index in [1.807, 2.05) is 35.2 Å². The highest BCUT2D eigenvalue weighted by molar-refractivity contribution is 5.97. The zero-order valence-electron chi connectivity index (χ0n) is 15.1. The molecule has 0 saturated carbocycles. The van der Waals surface area contributed by atoms with E-state index in [2.05, 4.69) is 35.2 Å². The van der Waals surface area contributed by atoms with Crippen molar-refractivity contribution in [2.45, 2.75) is 24.8 Å². The minimum absolute atomic E-state index is 0.0216. The highest BCUT2D eigenvalue weighted by atomic mass is 16.2. The number of hydrogen-bond donors (Lipinski definition) is 1. The number of carbonyl (C=O) groups is 1. The largest absolute Gasteiger partial charge is 0.330 e. The van der Waals surface area contributed by atoms with E-state index in [1.54, 1.807) is 0 Å². The van der Waals surface area contributed by atoms with Gasteiger partial charge in [0.1, 0.15) is 0 Å². The van der Waals surface area contributed by atoms with Gasteiger partial charge in [-0.15, -0.1) is 0 Å². The Hall–Kier alpha value is -2.17. The SMILES string of the molecule is NC[C@@H]1CN(C2CCCN(c3ccccc3)C2=O)C[C@H]1c1ccccc1. The van der Waals surface area contributed by atoms with Crippen molar-refractivity contribution in [3.05, 3.63) is 66.2 Å². The summed E-state index contributed by atoms with van der Waals surface area (Å²) in [6, 6.07) is 20.6. The first-order valence-electron chi connectivity index (χ1n) is 9.63. The van der Waals surface area contributed by atoms with Crippen molar-refractivity contribution in [1.29, 1.82) is 0 Å².